The molecule has 2 aliphatic heterocycles. The number of fused-ring (bicyclic) bond motifs is 1. The van der Waals surface area contributed by atoms with Crippen LogP contribution in [0.15, 0.2) is 0 Å². The van der Waals surface area contributed by atoms with Crippen LogP contribution < -0.4 is 0 Å². The number of ether oxygens (including phenoxy) is 2. The Morgan fingerprint density at radius 3 is 1.59 bits per heavy atom. The summed E-state index contributed by atoms with van der Waals surface area (Å²) >= 11 is 0. The SMILES string of the molecule is O=C1CCCCCCCCCCCCCCCCCC23CC(CO1)(COC2=O)CC31CC23CC(CCCCCCCCCCCCCO)C1(C2)C3. The fourth-order valence-corrected chi connectivity index (χ4v) is 13.8. The molecule has 0 aromatic carbocycles. The largest absolute Gasteiger partial charge is 0.465 e. The predicted octanol–water partition coefficient (Wildman–Crippen LogP) is 12.3. The lowest BCUT2D eigenvalue weighted by Gasteiger charge is -2.54. The lowest BCUT2D eigenvalue weighted by molar-refractivity contribution is -0.181. The number of carbonyl (C=O) groups excluding carboxylic acids is 2. The Kier molecular flexibility index (Phi) is 14.4. The summed E-state index contributed by atoms with van der Waals surface area (Å²) in [6.07, 6.45) is 43.7. The third-order valence-corrected chi connectivity index (χ3v) is 15.9. The maximum atomic E-state index is 14.4. The number of rotatable bonds is 13. The third kappa shape index (κ3) is 8.75. The van der Waals surface area contributed by atoms with E-state index >= 15 is 0 Å². The van der Waals surface area contributed by atoms with Crippen LogP contribution in [0, 0.1) is 33.0 Å². The van der Waals surface area contributed by atoms with Crippen LogP contribution in [0.1, 0.15) is 225 Å². The zero-order valence-electron chi connectivity index (χ0n) is 33.0. The molecule has 4 bridgehead atoms. The molecule has 8 rings (SSSR count). The molecule has 4 atom stereocenters. The van der Waals surface area contributed by atoms with Gasteiger partial charge in [0.25, 0.3) is 0 Å². The van der Waals surface area contributed by atoms with Gasteiger partial charge in [0.1, 0.15) is 13.2 Å². The van der Waals surface area contributed by atoms with Crippen molar-refractivity contribution >= 4 is 11.9 Å². The van der Waals surface area contributed by atoms with Gasteiger partial charge in [-0.05, 0) is 86.4 Å². The van der Waals surface area contributed by atoms with Crippen LogP contribution in [0.5, 0.6) is 0 Å². The van der Waals surface area contributed by atoms with Crippen molar-refractivity contribution in [1.82, 2.24) is 0 Å². The number of hydrogen-bond acceptors (Lipinski definition) is 5. The molecule has 2 saturated heterocycles. The Hall–Kier alpha value is -1.10. The predicted molar refractivity (Wildman–Crippen MR) is 206 cm³/mol. The molecule has 4 unspecified atom stereocenters. The topological polar surface area (TPSA) is 72.8 Å². The highest BCUT2D eigenvalue weighted by Crippen LogP contribution is 2.93. The number of aliphatic hydroxyl groups is 1. The standard InChI is InChI=1S/C46H78O5/c47-30-26-22-18-14-10-6-7-11-15-19-23-27-39-31-42-32-45(39,33-42)46(35-42)36-43-34-44(46,41(49)51-38-43)29-25-21-17-13-9-5-3-1-2-4-8-12-16-20-24-28-40(48)50-37-43/h39,47H,1-38H2. The van der Waals surface area contributed by atoms with E-state index in [-0.39, 0.29) is 28.2 Å². The number of hydrogen-bond donors (Lipinski definition) is 1. The van der Waals surface area contributed by atoms with Crippen LogP contribution in [0.2, 0.25) is 0 Å². The molecule has 2 heterocycles. The van der Waals surface area contributed by atoms with Crippen molar-refractivity contribution in [2.45, 2.75) is 225 Å². The van der Waals surface area contributed by atoms with Gasteiger partial charge >= 0.3 is 11.9 Å². The molecule has 8 fully saturated rings. The summed E-state index contributed by atoms with van der Waals surface area (Å²) in [6, 6.07) is 0. The Morgan fingerprint density at radius 2 is 1.02 bits per heavy atom. The van der Waals surface area contributed by atoms with Crippen LogP contribution in [0.25, 0.3) is 0 Å². The van der Waals surface area contributed by atoms with Crippen molar-refractivity contribution in [3.05, 3.63) is 0 Å². The molecule has 6 aliphatic carbocycles. The average molecular weight is 711 g/mol. The monoisotopic (exact) mass is 711 g/mol. The van der Waals surface area contributed by atoms with Gasteiger partial charge in [-0.3, -0.25) is 9.59 Å². The van der Waals surface area contributed by atoms with Gasteiger partial charge in [-0.25, -0.2) is 0 Å². The summed E-state index contributed by atoms with van der Waals surface area (Å²) in [5, 5.41) is 8.96. The molecule has 0 aromatic rings. The number of aliphatic hydroxyl groups excluding tert-OH is 1. The Bertz CT molecular complexity index is 1100. The zero-order chi connectivity index (χ0) is 35.5. The van der Waals surface area contributed by atoms with Gasteiger partial charge in [-0.1, -0.05) is 154 Å². The van der Waals surface area contributed by atoms with Crippen molar-refractivity contribution in [2.24, 2.45) is 33.0 Å². The maximum absolute atomic E-state index is 14.4. The first-order valence-electron chi connectivity index (χ1n) is 22.9. The van der Waals surface area contributed by atoms with E-state index in [1.807, 2.05) is 0 Å². The van der Waals surface area contributed by atoms with Crippen LogP contribution in [-0.4, -0.2) is 36.9 Å². The quantitative estimate of drug-likeness (QED) is 0.152. The molecular formula is C46H78O5. The first kappa shape index (κ1) is 39.6. The molecule has 292 valence electrons. The van der Waals surface area contributed by atoms with E-state index in [1.165, 1.54) is 173 Å². The summed E-state index contributed by atoms with van der Waals surface area (Å²) < 4.78 is 12.5. The van der Waals surface area contributed by atoms with Crippen LogP contribution >= 0.6 is 0 Å². The first-order valence-corrected chi connectivity index (χ1v) is 22.9. The van der Waals surface area contributed by atoms with Crippen molar-refractivity contribution in [3.63, 3.8) is 0 Å². The van der Waals surface area contributed by atoms with Gasteiger partial charge in [0.05, 0.1) is 5.41 Å². The van der Waals surface area contributed by atoms with Crippen LogP contribution in [-0.2, 0) is 19.1 Å². The molecule has 5 nitrogen and oxygen atoms in total. The van der Waals surface area contributed by atoms with Gasteiger partial charge in [0, 0.05) is 18.4 Å². The Balaban J connectivity index is 1.07. The summed E-state index contributed by atoms with van der Waals surface area (Å²) in [7, 11) is 0. The normalized spacial score (nSPS) is 37.9. The lowest BCUT2D eigenvalue weighted by Crippen LogP contribution is -2.53. The lowest BCUT2D eigenvalue weighted by atomic mass is 9.49. The highest BCUT2D eigenvalue weighted by Gasteiger charge is 2.88. The molecule has 0 radical (unpaired) electrons. The maximum Gasteiger partial charge on any atom is 0.312 e. The molecular weight excluding hydrogens is 633 g/mol. The van der Waals surface area contributed by atoms with Crippen molar-refractivity contribution in [1.29, 1.82) is 0 Å². The minimum absolute atomic E-state index is 0.0314. The van der Waals surface area contributed by atoms with Crippen molar-refractivity contribution in [3.8, 4) is 0 Å². The van der Waals surface area contributed by atoms with E-state index in [0.717, 1.165) is 50.9 Å². The van der Waals surface area contributed by atoms with E-state index < -0.39 is 0 Å². The molecule has 8 aliphatic rings. The number of cyclic esters (lactones) is 2. The summed E-state index contributed by atoms with van der Waals surface area (Å²) in [6.45, 7) is 1.26. The van der Waals surface area contributed by atoms with Gasteiger partial charge in [-0.2, -0.15) is 0 Å². The number of carbonyl (C=O) groups is 2. The van der Waals surface area contributed by atoms with E-state index in [4.69, 9.17) is 14.6 Å². The highest BCUT2D eigenvalue weighted by atomic mass is 16.6. The van der Waals surface area contributed by atoms with Gasteiger partial charge in [0.2, 0.25) is 0 Å². The highest BCUT2D eigenvalue weighted by molar-refractivity contribution is 5.81. The molecule has 0 amide bonds. The minimum Gasteiger partial charge on any atom is -0.465 e. The zero-order valence-corrected chi connectivity index (χ0v) is 33.0. The van der Waals surface area contributed by atoms with Crippen molar-refractivity contribution in [2.75, 3.05) is 19.8 Å². The van der Waals surface area contributed by atoms with Crippen molar-refractivity contribution < 1.29 is 24.2 Å². The fraction of sp³-hybridized carbons (Fsp3) is 0.957. The van der Waals surface area contributed by atoms with Gasteiger partial charge in [-0.15, -0.1) is 0 Å². The smallest absolute Gasteiger partial charge is 0.312 e. The van der Waals surface area contributed by atoms with Gasteiger partial charge in [0.15, 0.2) is 0 Å². The number of unbranched alkanes of at least 4 members (excludes halogenated alkanes) is 10. The second-order valence-corrected chi connectivity index (χ2v) is 19.5. The molecule has 6 saturated carbocycles. The first-order chi connectivity index (χ1) is 24.9. The molecule has 0 aromatic heterocycles. The van der Waals surface area contributed by atoms with Crippen LogP contribution in [0.4, 0.5) is 0 Å². The van der Waals surface area contributed by atoms with E-state index in [9.17, 15) is 9.59 Å². The average Bonchev–Trinajstić information content (AvgIpc) is 3.83. The Labute approximate surface area is 312 Å². The fourth-order valence-electron chi connectivity index (χ4n) is 13.8. The van der Waals surface area contributed by atoms with E-state index in [1.54, 1.807) is 0 Å². The molecule has 1 N–H and O–H groups in total. The van der Waals surface area contributed by atoms with E-state index in [0.29, 0.717) is 37.1 Å². The summed E-state index contributed by atoms with van der Waals surface area (Å²) in [4.78, 5) is 27.4. The van der Waals surface area contributed by atoms with Gasteiger partial charge < -0.3 is 14.6 Å². The number of esters is 2. The Morgan fingerprint density at radius 1 is 0.529 bits per heavy atom. The summed E-state index contributed by atoms with van der Waals surface area (Å²) in [5.41, 5.74) is 0.261. The third-order valence-electron chi connectivity index (χ3n) is 15.9. The van der Waals surface area contributed by atoms with Crippen LogP contribution in [0.3, 0.4) is 0 Å². The second-order valence-electron chi connectivity index (χ2n) is 19.5. The second kappa shape index (κ2) is 18.5. The van der Waals surface area contributed by atoms with E-state index in [2.05, 4.69) is 0 Å². The molecule has 5 heteroatoms. The molecule has 51 heavy (non-hydrogen) atoms. The summed E-state index contributed by atoms with van der Waals surface area (Å²) in [5.74, 6) is 0.861. The molecule has 1 spiro atoms. The minimum atomic E-state index is -0.373.